The number of amides is 2. The van der Waals surface area contributed by atoms with Gasteiger partial charge in [-0.15, -0.1) is 0 Å². The molecule has 0 saturated carbocycles. The summed E-state index contributed by atoms with van der Waals surface area (Å²) in [5, 5.41) is 5.44. The molecule has 0 aromatic heterocycles. The number of benzene rings is 1. The van der Waals surface area contributed by atoms with Gasteiger partial charge in [-0.3, -0.25) is 0 Å². The molecule has 0 radical (unpaired) electrons. The molecule has 2 unspecified atom stereocenters. The van der Waals surface area contributed by atoms with Crippen molar-refractivity contribution in [1.82, 2.24) is 5.32 Å². The number of anilines is 2. The largest absolute Gasteiger partial charge is 0.378 e. The van der Waals surface area contributed by atoms with E-state index in [-0.39, 0.29) is 11.5 Å². The van der Waals surface area contributed by atoms with Gasteiger partial charge in [-0.05, 0) is 32.0 Å². The van der Waals surface area contributed by atoms with E-state index in [0.717, 1.165) is 5.69 Å². The van der Waals surface area contributed by atoms with Crippen LogP contribution in [0.1, 0.15) is 13.8 Å². The van der Waals surface area contributed by atoms with Gasteiger partial charge < -0.3 is 20.3 Å². The highest BCUT2D eigenvalue weighted by Crippen LogP contribution is 2.20. The van der Waals surface area contributed by atoms with Crippen molar-refractivity contribution in [2.45, 2.75) is 32.0 Å². The second-order valence-electron chi connectivity index (χ2n) is 6.31. The number of nitrogens with zero attached hydrogens (tertiary/aromatic N) is 1. The summed E-state index contributed by atoms with van der Waals surface area (Å²) in [6.45, 7) is 4.16. The van der Waals surface area contributed by atoms with Crippen LogP contribution in [0.25, 0.3) is 0 Å². The normalized spacial score (nSPS) is 22.4. The van der Waals surface area contributed by atoms with Crippen molar-refractivity contribution in [2.24, 2.45) is 0 Å². The summed E-state index contributed by atoms with van der Waals surface area (Å²) in [6, 6.07) is 6.84. The highest BCUT2D eigenvalue weighted by atomic mass is 32.2. The number of ether oxygens (including phenoxy) is 1. The minimum atomic E-state index is -3.18. The predicted molar refractivity (Wildman–Crippen MR) is 95.4 cm³/mol. The summed E-state index contributed by atoms with van der Waals surface area (Å²) in [6.07, 6.45) is -0.515. The first-order valence-electron chi connectivity index (χ1n) is 7.85. The molecule has 0 bridgehead atoms. The number of nitrogens with one attached hydrogen (secondary N) is 2. The predicted octanol–water partition coefficient (Wildman–Crippen LogP) is 1.46. The van der Waals surface area contributed by atoms with Gasteiger partial charge in [-0.2, -0.15) is 0 Å². The Balaban J connectivity index is 2.01. The molecule has 2 atom stereocenters. The molecule has 2 amide bonds. The summed E-state index contributed by atoms with van der Waals surface area (Å²) >= 11 is 0. The zero-order valence-corrected chi connectivity index (χ0v) is 15.3. The third-order valence-electron chi connectivity index (χ3n) is 4.21. The van der Waals surface area contributed by atoms with Gasteiger partial charge in [0.1, 0.15) is 0 Å². The van der Waals surface area contributed by atoms with Crippen LogP contribution < -0.4 is 15.5 Å². The van der Waals surface area contributed by atoms with Crippen molar-refractivity contribution >= 4 is 27.2 Å². The van der Waals surface area contributed by atoms with E-state index in [1.165, 1.54) is 7.11 Å². The topological polar surface area (TPSA) is 87.7 Å². The van der Waals surface area contributed by atoms with Crippen LogP contribution in [0.15, 0.2) is 24.3 Å². The minimum Gasteiger partial charge on any atom is -0.378 e. The van der Waals surface area contributed by atoms with Crippen molar-refractivity contribution in [2.75, 3.05) is 35.9 Å². The summed E-state index contributed by atoms with van der Waals surface area (Å²) < 4.78 is 28.5. The van der Waals surface area contributed by atoms with Crippen molar-refractivity contribution in [3.05, 3.63) is 24.3 Å². The van der Waals surface area contributed by atoms with E-state index in [9.17, 15) is 13.2 Å². The van der Waals surface area contributed by atoms with Crippen LogP contribution in [-0.2, 0) is 14.6 Å². The van der Waals surface area contributed by atoms with Crippen molar-refractivity contribution in [3.8, 4) is 0 Å². The number of methoxy groups -OCH3 is 1. The SMILES string of the molecule is COC1CS(=O)(=O)CC1NC(=O)Nc1cccc(N(C)C(C)C)c1. The van der Waals surface area contributed by atoms with Gasteiger partial charge >= 0.3 is 6.03 Å². The van der Waals surface area contributed by atoms with E-state index in [0.29, 0.717) is 11.7 Å². The summed E-state index contributed by atoms with van der Waals surface area (Å²) in [5.74, 6) is -0.168. The Labute approximate surface area is 143 Å². The minimum absolute atomic E-state index is 0.0664. The molecule has 1 saturated heterocycles. The molecule has 1 fully saturated rings. The highest BCUT2D eigenvalue weighted by molar-refractivity contribution is 7.91. The standard InChI is InChI=1S/C16H25N3O4S/c1-11(2)19(3)13-7-5-6-12(8-13)17-16(20)18-14-9-24(21,22)10-15(14)23-4/h5-8,11,14-15H,9-10H2,1-4H3,(H2,17,18,20). The number of hydrogen-bond acceptors (Lipinski definition) is 5. The number of rotatable bonds is 5. The number of urea groups is 1. The van der Waals surface area contributed by atoms with Gasteiger partial charge in [0.2, 0.25) is 0 Å². The van der Waals surface area contributed by atoms with Crippen LogP contribution in [0.3, 0.4) is 0 Å². The smallest absolute Gasteiger partial charge is 0.319 e. The molecule has 1 aliphatic heterocycles. The zero-order valence-electron chi connectivity index (χ0n) is 14.4. The molecule has 2 rings (SSSR count). The maximum absolute atomic E-state index is 12.2. The average molecular weight is 355 g/mol. The third-order valence-corrected chi connectivity index (χ3v) is 5.91. The Bertz CT molecular complexity index is 690. The Hall–Kier alpha value is -1.80. The molecule has 1 aromatic rings. The van der Waals surface area contributed by atoms with E-state index in [1.54, 1.807) is 6.07 Å². The van der Waals surface area contributed by atoms with Crippen LogP contribution >= 0.6 is 0 Å². The van der Waals surface area contributed by atoms with E-state index >= 15 is 0 Å². The first-order chi connectivity index (χ1) is 11.2. The van der Waals surface area contributed by atoms with Gasteiger partial charge in [-0.1, -0.05) is 6.07 Å². The van der Waals surface area contributed by atoms with Gasteiger partial charge in [-0.25, -0.2) is 13.2 Å². The van der Waals surface area contributed by atoms with Crippen molar-refractivity contribution < 1.29 is 17.9 Å². The fourth-order valence-corrected chi connectivity index (χ4v) is 4.47. The zero-order chi connectivity index (χ0) is 17.9. The highest BCUT2D eigenvalue weighted by Gasteiger charge is 2.38. The summed E-state index contributed by atoms with van der Waals surface area (Å²) in [4.78, 5) is 14.3. The van der Waals surface area contributed by atoms with Crippen LogP contribution in [0.5, 0.6) is 0 Å². The Morgan fingerprint density at radius 2 is 2.04 bits per heavy atom. The van der Waals surface area contributed by atoms with E-state index in [1.807, 2.05) is 25.2 Å². The number of sulfone groups is 1. The molecule has 134 valence electrons. The van der Waals surface area contributed by atoms with E-state index in [2.05, 4.69) is 29.4 Å². The number of carbonyl (C=O) groups excluding carboxylic acids is 1. The number of hydrogen-bond donors (Lipinski definition) is 2. The molecule has 2 N–H and O–H groups in total. The maximum atomic E-state index is 12.2. The third kappa shape index (κ3) is 4.61. The second kappa shape index (κ2) is 7.40. The van der Waals surface area contributed by atoms with Gasteiger partial charge in [0, 0.05) is 31.6 Å². The van der Waals surface area contributed by atoms with Gasteiger partial charge in [0.05, 0.1) is 23.7 Å². The van der Waals surface area contributed by atoms with E-state index < -0.39 is 28.0 Å². The molecule has 7 nitrogen and oxygen atoms in total. The van der Waals surface area contributed by atoms with Crippen LogP contribution in [0.2, 0.25) is 0 Å². The lowest BCUT2D eigenvalue weighted by Gasteiger charge is -2.24. The monoisotopic (exact) mass is 355 g/mol. The fraction of sp³-hybridized carbons (Fsp3) is 0.562. The lowest BCUT2D eigenvalue weighted by Crippen LogP contribution is -2.45. The van der Waals surface area contributed by atoms with Crippen molar-refractivity contribution in [3.63, 3.8) is 0 Å². The lowest BCUT2D eigenvalue weighted by molar-refractivity contribution is 0.102. The quantitative estimate of drug-likeness (QED) is 0.835. The average Bonchev–Trinajstić information content (AvgIpc) is 2.80. The molecule has 0 spiro atoms. The number of carbonyl (C=O) groups is 1. The van der Waals surface area contributed by atoms with Gasteiger partial charge in [0.15, 0.2) is 9.84 Å². The second-order valence-corrected chi connectivity index (χ2v) is 8.46. The molecule has 24 heavy (non-hydrogen) atoms. The van der Waals surface area contributed by atoms with E-state index in [4.69, 9.17) is 4.74 Å². The van der Waals surface area contributed by atoms with Crippen LogP contribution in [0, 0.1) is 0 Å². The maximum Gasteiger partial charge on any atom is 0.319 e. The fourth-order valence-electron chi connectivity index (χ4n) is 2.62. The lowest BCUT2D eigenvalue weighted by atomic mass is 10.2. The van der Waals surface area contributed by atoms with Crippen molar-refractivity contribution in [1.29, 1.82) is 0 Å². The molecule has 8 heteroatoms. The first kappa shape index (κ1) is 18.5. The Kier molecular flexibility index (Phi) is 5.71. The van der Waals surface area contributed by atoms with Gasteiger partial charge in [0.25, 0.3) is 0 Å². The Morgan fingerprint density at radius 1 is 1.33 bits per heavy atom. The summed E-state index contributed by atoms with van der Waals surface area (Å²) in [7, 11) is 0.253. The molecule has 1 heterocycles. The summed E-state index contributed by atoms with van der Waals surface area (Å²) in [5.41, 5.74) is 1.63. The molecular weight excluding hydrogens is 330 g/mol. The van der Waals surface area contributed by atoms with Crippen LogP contribution in [-0.4, -0.2) is 58.3 Å². The Morgan fingerprint density at radius 3 is 2.67 bits per heavy atom. The first-order valence-corrected chi connectivity index (χ1v) is 9.67. The molecule has 0 aliphatic carbocycles. The molecular formula is C16H25N3O4S. The molecule has 1 aliphatic rings. The molecule has 1 aromatic carbocycles. The van der Waals surface area contributed by atoms with Crippen LogP contribution in [0.4, 0.5) is 16.2 Å².